The van der Waals surface area contributed by atoms with Crippen LogP contribution < -0.4 is 14.8 Å². The summed E-state index contributed by atoms with van der Waals surface area (Å²) >= 11 is 11.9. The molecule has 1 aliphatic heterocycles. The minimum Gasteiger partial charge on any atom is -0.481 e. The van der Waals surface area contributed by atoms with Gasteiger partial charge in [-0.05, 0) is 35.9 Å². The van der Waals surface area contributed by atoms with E-state index in [0.29, 0.717) is 22.1 Å². The first-order valence-corrected chi connectivity index (χ1v) is 8.07. The molecular weight excluding hydrogens is 369 g/mol. The fourth-order valence-corrected chi connectivity index (χ4v) is 2.96. The Morgan fingerprint density at radius 2 is 1.88 bits per heavy atom. The lowest BCUT2D eigenvalue weighted by Crippen LogP contribution is -2.30. The second kappa shape index (κ2) is 7.21. The maximum Gasteiger partial charge on any atom is 0.305 e. The largest absolute Gasteiger partial charge is 0.481 e. The summed E-state index contributed by atoms with van der Waals surface area (Å²) in [7, 11) is 0. The Hall–Kier alpha value is -2.44. The Morgan fingerprint density at radius 3 is 2.60 bits per heavy atom. The number of carbonyl (C=O) groups excluding carboxylic acids is 1. The summed E-state index contributed by atoms with van der Waals surface area (Å²) in [6, 6.07) is 8.72. The molecule has 0 fully saturated rings. The third kappa shape index (κ3) is 3.97. The maximum atomic E-state index is 12.5. The molecule has 2 aromatic rings. The van der Waals surface area contributed by atoms with Crippen LogP contribution in [0.1, 0.15) is 28.4 Å². The number of halogens is 2. The van der Waals surface area contributed by atoms with Gasteiger partial charge in [0.25, 0.3) is 5.91 Å². The summed E-state index contributed by atoms with van der Waals surface area (Å²) in [6.45, 7) is 0.106. The number of fused-ring (bicyclic) bond motifs is 1. The van der Waals surface area contributed by atoms with Crippen molar-refractivity contribution in [3.8, 4) is 11.5 Å². The lowest BCUT2D eigenvalue weighted by molar-refractivity contribution is -0.137. The van der Waals surface area contributed by atoms with Gasteiger partial charge in [-0.2, -0.15) is 0 Å². The Kier molecular flexibility index (Phi) is 5.01. The van der Waals surface area contributed by atoms with Crippen molar-refractivity contribution >= 4 is 35.1 Å². The zero-order chi connectivity index (χ0) is 18.0. The summed E-state index contributed by atoms with van der Waals surface area (Å²) in [5.41, 5.74) is 0.798. The summed E-state index contributed by atoms with van der Waals surface area (Å²) in [5, 5.41) is 12.4. The molecule has 0 bridgehead atoms. The van der Waals surface area contributed by atoms with Gasteiger partial charge in [0.05, 0.1) is 23.0 Å². The van der Waals surface area contributed by atoms with Crippen LogP contribution in [-0.4, -0.2) is 23.8 Å². The van der Waals surface area contributed by atoms with Crippen molar-refractivity contribution in [2.75, 3.05) is 6.79 Å². The number of benzene rings is 2. The molecule has 1 aliphatic rings. The third-order valence-electron chi connectivity index (χ3n) is 3.66. The van der Waals surface area contributed by atoms with Crippen LogP contribution in [0.4, 0.5) is 0 Å². The number of hydrogen-bond donors (Lipinski definition) is 2. The van der Waals surface area contributed by atoms with Crippen LogP contribution in [-0.2, 0) is 4.79 Å². The highest BCUT2D eigenvalue weighted by atomic mass is 35.5. The van der Waals surface area contributed by atoms with Gasteiger partial charge in [0, 0.05) is 5.02 Å². The molecular formula is C17H13Cl2NO5. The van der Waals surface area contributed by atoms with E-state index in [0.717, 1.165) is 0 Å². The number of amides is 1. The standard InChI is InChI=1S/C17H13Cl2NO5/c18-10-2-3-11(12(19)6-10)17(23)20-13(7-16(21)22)9-1-4-14-15(5-9)25-8-24-14/h1-6,13H,7-8H2,(H,20,23)(H,21,22)/t13-/m1/s1. The van der Waals surface area contributed by atoms with Crippen LogP contribution >= 0.6 is 23.2 Å². The number of carboxylic acids is 1. The molecule has 25 heavy (non-hydrogen) atoms. The van der Waals surface area contributed by atoms with Crippen LogP contribution in [0.2, 0.25) is 10.0 Å². The van der Waals surface area contributed by atoms with E-state index in [1.165, 1.54) is 18.2 Å². The van der Waals surface area contributed by atoms with Gasteiger partial charge < -0.3 is 19.9 Å². The van der Waals surface area contributed by atoms with E-state index in [2.05, 4.69) is 5.32 Å². The highest BCUT2D eigenvalue weighted by Crippen LogP contribution is 2.35. The second-order valence-corrected chi connectivity index (χ2v) is 6.20. The highest BCUT2D eigenvalue weighted by Gasteiger charge is 2.23. The monoisotopic (exact) mass is 381 g/mol. The van der Waals surface area contributed by atoms with Crippen molar-refractivity contribution in [3.05, 3.63) is 57.6 Å². The van der Waals surface area contributed by atoms with E-state index in [4.69, 9.17) is 37.8 Å². The van der Waals surface area contributed by atoms with Gasteiger partial charge in [-0.1, -0.05) is 29.3 Å². The van der Waals surface area contributed by atoms with Crippen molar-refractivity contribution in [2.24, 2.45) is 0 Å². The first-order chi connectivity index (χ1) is 11.9. The van der Waals surface area contributed by atoms with Gasteiger partial charge in [0.1, 0.15) is 0 Å². The molecule has 8 heteroatoms. The minimum atomic E-state index is -1.05. The van der Waals surface area contributed by atoms with E-state index in [-0.39, 0.29) is 23.8 Å². The molecule has 0 spiro atoms. The van der Waals surface area contributed by atoms with E-state index in [1.54, 1.807) is 18.2 Å². The molecule has 0 saturated carbocycles. The Morgan fingerprint density at radius 1 is 1.12 bits per heavy atom. The zero-order valence-corrected chi connectivity index (χ0v) is 14.3. The summed E-state index contributed by atoms with van der Waals surface area (Å²) < 4.78 is 10.5. The molecule has 0 radical (unpaired) electrons. The number of hydrogen-bond acceptors (Lipinski definition) is 4. The summed E-state index contributed by atoms with van der Waals surface area (Å²) in [5.74, 6) is -0.465. The van der Waals surface area contributed by atoms with Gasteiger partial charge in [-0.3, -0.25) is 9.59 Å². The van der Waals surface area contributed by atoms with Gasteiger partial charge in [-0.15, -0.1) is 0 Å². The third-order valence-corrected chi connectivity index (χ3v) is 4.21. The smallest absolute Gasteiger partial charge is 0.305 e. The first-order valence-electron chi connectivity index (χ1n) is 7.31. The average molecular weight is 382 g/mol. The van der Waals surface area contributed by atoms with Gasteiger partial charge >= 0.3 is 5.97 Å². The van der Waals surface area contributed by atoms with Gasteiger partial charge in [0.15, 0.2) is 11.5 Å². The Bertz CT molecular complexity index is 840. The van der Waals surface area contributed by atoms with Crippen LogP contribution in [0.5, 0.6) is 11.5 Å². The fourth-order valence-electron chi connectivity index (χ4n) is 2.47. The van der Waals surface area contributed by atoms with E-state index >= 15 is 0 Å². The topological polar surface area (TPSA) is 84.9 Å². The van der Waals surface area contributed by atoms with E-state index in [1.807, 2.05) is 0 Å². The summed E-state index contributed by atoms with van der Waals surface area (Å²) in [6.07, 6.45) is -0.295. The second-order valence-electron chi connectivity index (χ2n) is 5.36. The van der Waals surface area contributed by atoms with E-state index < -0.39 is 17.9 Å². The van der Waals surface area contributed by atoms with Crippen LogP contribution in [0.25, 0.3) is 0 Å². The Labute approximate surface area is 153 Å². The van der Waals surface area contributed by atoms with E-state index in [9.17, 15) is 9.59 Å². The van der Waals surface area contributed by atoms with Crippen molar-refractivity contribution in [1.29, 1.82) is 0 Å². The molecule has 3 rings (SSSR count). The lowest BCUT2D eigenvalue weighted by Gasteiger charge is -2.18. The van der Waals surface area contributed by atoms with Crippen LogP contribution in [0.15, 0.2) is 36.4 Å². The van der Waals surface area contributed by atoms with Crippen molar-refractivity contribution in [2.45, 2.75) is 12.5 Å². The molecule has 1 atom stereocenters. The van der Waals surface area contributed by atoms with Crippen molar-refractivity contribution < 1.29 is 24.2 Å². The Balaban J connectivity index is 1.86. The fraction of sp³-hybridized carbons (Fsp3) is 0.176. The zero-order valence-electron chi connectivity index (χ0n) is 12.8. The molecule has 0 aliphatic carbocycles. The minimum absolute atomic E-state index is 0.106. The molecule has 2 aromatic carbocycles. The highest BCUT2D eigenvalue weighted by molar-refractivity contribution is 6.36. The molecule has 0 unspecified atom stereocenters. The number of aliphatic carboxylic acids is 1. The SMILES string of the molecule is O=C(O)C[C@@H](NC(=O)c1ccc(Cl)cc1Cl)c1ccc2c(c1)OCO2. The number of nitrogens with one attached hydrogen (secondary N) is 1. The quantitative estimate of drug-likeness (QED) is 0.825. The normalized spacial score (nSPS) is 13.4. The molecule has 0 aromatic heterocycles. The van der Waals surface area contributed by atoms with Crippen molar-refractivity contribution in [3.63, 3.8) is 0 Å². The predicted octanol–water partition coefficient (Wildman–Crippen LogP) is 3.67. The molecule has 2 N–H and O–H groups in total. The number of rotatable bonds is 5. The predicted molar refractivity (Wildman–Crippen MR) is 91.5 cm³/mol. The van der Waals surface area contributed by atoms with Crippen LogP contribution in [0.3, 0.4) is 0 Å². The van der Waals surface area contributed by atoms with Gasteiger partial charge in [-0.25, -0.2) is 0 Å². The van der Waals surface area contributed by atoms with Crippen LogP contribution in [0, 0.1) is 0 Å². The molecule has 1 heterocycles. The molecule has 0 saturated heterocycles. The number of carboxylic acid groups (broad SMARTS) is 1. The van der Waals surface area contributed by atoms with Crippen molar-refractivity contribution in [1.82, 2.24) is 5.32 Å². The number of ether oxygens (including phenoxy) is 2. The molecule has 6 nitrogen and oxygen atoms in total. The van der Waals surface area contributed by atoms with Gasteiger partial charge in [0.2, 0.25) is 6.79 Å². The molecule has 130 valence electrons. The number of carbonyl (C=O) groups is 2. The lowest BCUT2D eigenvalue weighted by atomic mass is 10.0. The molecule has 1 amide bonds. The maximum absolute atomic E-state index is 12.5. The first kappa shape index (κ1) is 17.4. The summed E-state index contributed by atoms with van der Waals surface area (Å²) in [4.78, 5) is 23.7. The average Bonchev–Trinajstić information content (AvgIpc) is 3.01.